The number of aromatic nitrogens is 1. The van der Waals surface area contributed by atoms with E-state index in [0.29, 0.717) is 11.4 Å². The van der Waals surface area contributed by atoms with Gasteiger partial charge in [-0.05, 0) is 25.1 Å². The first kappa shape index (κ1) is 26.7. The maximum absolute atomic E-state index is 12.8. The van der Waals surface area contributed by atoms with Crippen LogP contribution in [0.2, 0.25) is 0 Å². The normalized spacial score (nSPS) is 12.9. The van der Waals surface area contributed by atoms with Crippen LogP contribution in [0.5, 0.6) is 0 Å². The molecule has 8 nitrogen and oxygen atoms in total. The van der Waals surface area contributed by atoms with Crippen LogP contribution in [0.1, 0.15) is 27.7 Å². The number of alkyl halides is 2. The Morgan fingerprint density at radius 3 is 2.56 bits per heavy atom. The molecule has 0 fully saturated rings. The second-order valence-corrected chi connectivity index (χ2v) is 9.39. The lowest BCUT2D eigenvalue weighted by atomic mass is 9.94. The minimum Gasteiger partial charge on any atom is -0.360 e. The second kappa shape index (κ2) is 11.1. The van der Waals surface area contributed by atoms with Gasteiger partial charge in [-0.1, -0.05) is 26.8 Å². The van der Waals surface area contributed by atoms with Gasteiger partial charge in [-0.15, -0.1) is 11.3 Å². The van der Waals surface area contributed by atoms with E-state index in [-0.39, 0.29) is 21.6 Å². The Kier molecular flexibility index (Phi) is 8.70. The van der Waals surface area contributed by atoms with Crippen molar-refractivity contribution in [1.82, 2.24) is 9.88 Å². The molecule has 0 bridgehead atoms. The van der Waals surface area contributed by atoms with Crippen molar-refractivity contribution in [2.45, 2.75) is 40.7 Å². The van der Waals surface area contributed by atoms with Crippen LogP contribution < -0.4 is 30.3 Å². The second-order valence-electron chi connectivity index (χ2n) is 8.36. The van der Waals surface area contributed by atoms with Crippen LogP contribution in [-0.2, 0) is 16.1 Å². The molecule has 0 aliphatic heterocycles. The van der Waals surface area contributed by atoms with E-state index in [2.05, 4.69) is 5.32 Å². The average molecular weight is 492 g/mol. The number of carbonyl (C=O) groups is 2. The molecule has 0 radical (unpaired) electrons. The molecule has 2 rings (SSSR count). The predicted molar refractivity (Wildman–Crippen MR) is 129 cm³/mol. The zero-order chi connectivity index (χ0) is 25.6. The van der Waals surface area contributed by atoms with Crippen LogP contribution in [0.15, 0.2) is 29.1 Å². The highest BCUT2D eigenvalue weighted by atomic mass is 32.1. The lowest BCUT2D eigenvalue weighted by Gasteiger charge is -2.26. The third-order valence-corrected chi connectivity index (χ3v) is 5.87. The fourth-order valence-corrected chi connectivity index (χ4v) is 4.11. The number of carbonyl (C=O) groups excluding carboxylic acids is 2. The zero-order valence-electron chi connectivity index (χ0n) is 19.6. The standard InChI is InChI=1S/C23H27F2N5O3S/c1-6-30-20(32)17(34-21(30)16(11-26)19(31)28-13-18(24)25)12-27-14-8-7-9-15(10-14)29(5)22(33)23(2,3)4/h7-10,12,18,27H,6,13H2,1-5H3,(H,28,31). The first-order chi connectivity index (χ1) is 15.9. The van der Waals surface area contributed by atoms with Crippen molar-refractivity contribution < 1.29 is 18.4 Å². The molecule has 182 valence electrons. The molecule has 0 unspecified atom stereocenters. The monoisotopic (exact) mass is 491 g/mol. The smallest absolute Gasteiger partial charge is 0.270 e. The molecule has 2 aromatic rings. The predicted octanol–water partition coefficient (Wildman–Crippen LogP) is 1.84. The SMILES string of the molecule is CCn1c(=C(C#N)C(=O)NCC(F)F)sc(=CNc2cccc(N(C)C(=O)C(C)(C)C)c2)c1=O. The average Bonchev–Trinajstić information content (AvgIpc) is 3.10. The third kappa shape index (κ3) is 6.29. The Hall–Kier alpha value is -3.52. The molecule has 0 spiro atoms. The van der Waals surface area contributed by atoms with Crippen molar-refractivity contribution in [3.8, 4) is 6.07 Å². The molecule has 0 atom stereocenters. The molecule has 1 aromatic heterocycles. The van der Waals surface area contributed by atoms with Crippen molar-refractivity contribution in [1.29, 1.82) is 5.26 Å². The topological polar surface area (TPSA) is 107 Å². The maximum atomic E-state index is 12.8. The molecule has 2 N–H and O–H groups in total. The van der Waals surface area contributed by atoms with E-state index in [9.17, 15) is 28.4 Å². The van der Waals surface area contributed by atoms with Crippen LogP contribution in [-0.4, -0.2) is 36.4 Å². The van der Waals surface area contributed by atoms with E-state index in [0.717, 1.165) is 11.3 Å². The van der Waals surface area contributed by atoms with E-state index >= 15 is 0 Å². The molecule has 34 heavy (non-hydrogen) atoms. The summed E-state index contributed by atoms with van der Waals surface area (Å²) in [7, 11) is 1.68. The van der Waals surface area contributed by atoms with Crippen LogP contribution >= 0.6 is 11.3 Å². The summed E-state index contributed by atoms with van der Waals surface area (Å²) in [5, 5.41) is 14.4. The minimum absolute atomic E-state index is 0.0629. The zero-order valence-corrected chi connectivity index (χ0v) is 20.4. The lowest BCUT2D eigenvalue weighted by Crippen LogP contribution is -2.36. The van der Waals surface area contributed by atoms with E-state index in [1.165, 1.54) is 10.8 Å². The van der Waals surface area contributed by atoms with Crippen molar-refractivity contribution in [3.63, 3.8) is 0 Å². The quantitative estimate of drug-likeness (QED) is 0.615. The molecule has 0 aliphatic rings. The number of rotatable bonds is 7. The Labute approximate surface area is 199 Å². The van der Waals surface area contributed by atoms with E-state index in [1.54, 1.807) is 49.2 Å². The number of anilines is 2. The Balaban J connectivity index is 2.45. The fraction of sp³-hybridized carbons (Fsp3) is 0.391. The van der Waals surface area contributed by atoms with Gasteiger partial charge >= 0.3 is 0 Å². The summed E-state index contributed by atoms with van der Waals surface area (Å²) in [4.78, 5) is 39.1. The fourth-order valence-electron chi connectivity index (χ4n) is 3.02. The van der Waals surface area contributed by atoms with Gasteiger partial charge < -0.3 is 15.5 Å². The Morgan fingerprint density at radius 1 is 1.32 bits per heavy atom. The van der Waals surface area contributed by atoms with Gasteiger partial charge in [0.05, 0.1) is 6.54 Å². The summed E-state index contributed by atoms with van der Waals surface area (Å²) in [5.74, 6) is -1.03. The summed E-state index contributed by atoms with van der Waals surface area (Å²) >= 11 is 0.904. The highest BCUT2D eigenvalue weighted by Crippen LogP contribution is 2.24. The first-order valence-electron chi connectivity index (χ1n) is 10.5. The van der Waals surface area contributed by atoms with Crippen molar-refractivity contribution in [2.24, 2.45) is 5.41 Å². The summed E-state index contributed by atoms with van der Waals surface area (Å²) < 4.78 is 26.4. The highest BCUT2D eigenvalue weighted by Gasteiger charge is 2.25. The maximum Gasteiger partial charge on any atom is 0.270 e. The van der Waals surface area contributed by atoms with Crippen LogP contribution in [0.25, 0.3) is 11.8 Å². The van der Waals surface area contributed by atoms with Crippen LogP contribution in [0.3, 0.4) is 0 Å². The first-order valence-corrected chi connectivity index (χ1v) is 11.3. The summed E-state index contributed by atoms with van der Waals surface area (Å²) in [6, 6.07) is 8.76. The molecular formula is C23H27F2N5O3S. The Bertz CT molecular complexity index is 1290. The van der Waals surface area contributed by atoms with Crippen molar-refractivity contribution >= 4 is 46.3 Å². The van der Waals surface area contributed by atoms with Crippen LogP contribution in [0, 0.1) is 16.7 Å². The van der Waals surface area contributed by atoms with E-state index in [1.807, 2.05) is 26.1 Å². The molecule has 2 amide bonds. The van der Waals surface area contributed by atoms with Gasteiger partial charge in [0, 0.05) is 36.6 Å². The van der Waals surface area contributed by atoms with E-state index < -0.39 is 35.4 Å². The molecular weight excluding hydrogens is 464 g/mol. The van der Waals surface area contributed by atoms with Gasteiger partial charge in [0.15, 0.2) is 5.57 Å². The molecule has 11 heteroatoms. The number of amides is 2. The summed E-state index contributed by atoms with van der Waals surface area (Å²) in [6.07, 6.45) is -1.32. The van der Waals surface area contributed by atoms with Gasteiger partial charge in [-0.25, -0.2) is 8.78 Å². The molecule has 1 heterocycles. The number of benzene rings is 1. The molecule has 0 saturated carbocycles. The van der Waals surface area contributed by atoms with Gasteiger partial charge in [-0.3, -0.25) is 19.0 Å². The molecule has 0 aliphatic carbocycles. The third-order valence-electron chi connectivity index (χ3n) is 4.74. The summed E-state index contributed by atoms with van der Waals surface area (Å²) in [6.45, 7) is 6.45. The van der Waals surface area contributed by atoms with Gasteiger partial charge in [0.25, 0.3) is 17.9 Å². The number of nitrogens with zero attached hydrogens (tertiary/aromatic N) is 3. The van der Waals surface area contributed by atoms with Gasteiger partial charge in [-0.2, -0.15) is 5.26 Å². The van der Waals surface area contributed by atoms with Gasteiger partial charge in [0.2, 0.25) is 5.91 Å². The number of hydrogen-bond acceptors (Lipinski definition) is 6. The van der Waals surface area contributed by atoms with Crippen molar-refractivity contribution in [3.05, 3.63) is 43.8 Å². The number of thiazole rings is 1. The number of nitrogens with one attached hydrogen (secondary N) is 2. The van der Waals surface area contributed by atoms with Crippen LogP contribution in [0.4, 0.5) is 20.2 Å². The largest absolute Gasteiger partial charge is 0.360 e. The minimum atomic E-state index is -2.76. The number of halogens is 2. The molecule has 0 saturated heterocycles. The molecule has 1 aromatic carbocycles. The number of hydrogen-bond donors (Lipinski definition) is 2. The lowest BCUT2D eigenvalue weighted by molar-refractivity contribution is -0.125. The van der Waals surface area contributed by atoms with Gasteiger partial charge in [0.1, 0.15) is 15.3 Å². The highest BCUT2D eigenvalue weighted by molar-refractivity contribution is 7.07. The van der Waals surface area contributed by atoms with Crippen molar-refractivity contribution in [2.75, 3.05) is 23.8 Å². The Morgan fingerprint density at radius 2 is 2.00 bits per heavy atom. The summed E-state index contributed by atoms with van der Waals surface area (Å²) in [5.41, 5.74) is -0.122. The van der Waals surface area contributed by atoms with E-state index in [4.69, 9.17) is 0 Å². The number of nitriles is 1.